The molecule has 0 bridgehead atoms. The van der Waals surface area contributed by atoms with E-state index in [-0.39, 0.29) is 17.9 Å². The number of hydrogen-bond acceptors (Lipinski definition) is 5. The van der Waals surface area contributed by atoms with Crippen molar-refractivity contribution >= 4 is 15.5 Å². The molecule has 0 spiro atoms. The average Bonchev–Trinajstić information content (AvgIpc) is 2.49. The highest BCUT2D eigenvalue weighted by Gasteiger charge is 2.31. The molecule has 2 rings (SSSR count). The standard InChI is InChI=1S/C15H23NO4S/c1-2-11-21(18,19)14-5-3-13(4-6-14)16-15(12-17)7-9-20-10-8-15/h3-6,16-17H,2,7-12H2,1H3. The first-order chi connectivity index (χ1) is 10.0. The molecule has 1 aliphatic rings. The third-order valence-corrected chi connectivity index (χ3v) is 5.78. The zero-order valence-corrected chi connectivity index (χ0v) is 13.2. The second kappa shape index (κ2) is 6.77. The summed E-state index contributed by atoms with van der Waals surface area (Å²) in [5, 5.41) is 13.0. The van der Waals surface area contributed by atoms with E-state index in [1.807, 2.05) is 6.92 Å². The van der Waals surface area contributed by atoms with Crippen LogP contribution < -0.4 is 5.32 Å². The van der Waals surface area contributed by atoms with E-state index in [2.05, 4.69) is 5.32 Å². The molecule has 0 unspecified atom stereocenters. The SMILES string of the molecule is CCCS(=O)(=O)c1ccc(NC2(CO)CCOCC2)cc1. The van der Waals surface area contributed by atoms with Crippen molar-refractivity contribution in [1.29, 1.82) is 0 Å². The van der Waals surface area contributed by atoms with E-state index in [0.29, 0.717) is 24.5 Å². The van der Waals surface area contributed by atoms with Gasteiger partial charge in [0.2, 0.25) is 0 Å². The van der Waals surface area contributed by atoms with Crippen molar-refractivity contribution in [3.8, 4) is 0 Å². The van der Waals surface area contributed by atoms with Gasteiger partial charge in [-0.1, -0.05) is 6.92 Å². The van der Waals surface area contributed by atoms with Crippen molar-refractivity contribution in [2.75, 3.05) is 30.9 Å². The van der Waals surface area contributed by atoms with Crippen molar-refractivity contribution in [2.45, 2.75) is 36.6 Å². The quantitative estimate of drug-likeness (QED) is 0.838. The average molecular weight is 313 g/mol. The second-order valence-electron chi connectivity index (χ2n) is 5.52. The smallest absolute Gasteiger partial charge is 0.178 e. The van der Waals surface area contributed by atoms with Crippen LogP contribution in [0.3, 0.4) is 0 Å². The summed E-state index contributed by atoms with van der Waals surface area (Å²) in [7, 11) is -3.18. The van der Waals surface area contributed by atoms with Crippen LogP contribution in [0.1, 0.15) is 26.2 Å². The molecule has 21 heavy (non-hydrogen) atoms. The van der Waals surface area contributed by atoms with Gasteiger partial charge in [-0.25, -0.2) is 8.42 Å². The number of benzene rings is 1. The van der Waals surface area contributed by atoms with Crippen LogP contribution in [0.5, 0.6) is 0 Å². The number of aliphatic hydroxyl groups is 1. The van der Waals surface area contributed by atoms with Crippen molar-refractivity contribution < 1.29 is 18.3 Å². The molecular formula is C15H23NO4S. The summed E-state index contributed by atoms with van der Waals surface area (Å²) in [5.74, 6) is 0.164. The summed E-state index contributed by atoms with van der Waals surface area (Å²) < 4.78 is 29.3. The van der Waals surface area contributed by atoms with Crippen LogP contribution in [0.15, 0.2) is 29.2 Å². The Balaban J connectivity index is 2.12. The highest BCUT2D eigenvalue weighted by Crippen LogP contribution is 2.26. The normalized spacial score (nSPS) is 18.4. The van der Waals surface area contributed by atoms with E-state index in [0.717, 1.165) is 18.5 Å². The lowest BCUT2D eigenvalue weighted by Gasteiger charge is -2.37. The molecule has 6 heteroatoms. The minimum Gasteiger partial charge on any atom is -0.394 e. The second-order valence-corrected chi connectivity index (χ2v) is 7.63. The summed E-state index contributed by atoms with van der Waals surface area (Å²) in [6, 6.07) is 6.76. The van der Waals surface area contributed by atoms with E-state index in [1.54, 1.807) is 24.3 Å². The van der Waals surface area contributed by atoms with Gasteiger partial charge < -0.3 is 15.2 Å². The third kappa shape index (κ3) is 3.96. The Kier molecular flexibility index (Phi) is 5.24. The predicted octanol–water partition coefficient (Wildman–Crippen LogP) is 1.82. The van der Waals surface area contributed by atoms with Crippen molar-refractivity contribution in [3.63, 3.8) is 0 Å². The predicted molar refractivity (Wildman–Crippen MR) is 82.3 cm³/mol. The number of hydrogen-bond donors (Lipinski definition) is 2. The number of nitrogens with one attached hydrogen (secondary N) is 1. The summed E-state index contributed by atoms with van der Waals surface area (Å²) in [6.45, 7) is 3.13. The maximum Gasteiger partial charge on any atom is 0.178 e. The van der Waals surface area contributed by atoms with Crippen LogP contribution in [0, 0.1) is 0 Å². The van der Waals surface area contributed by atoms with Crippen LogP contribution in [-0.2, 0) is 14.6 Å². The minimum absolute atomic E-state index is 0.0340. The molecule has 1 saturated heterocycles. The maximum atomic E-state index is 12.0. The highest BCUT2D eigenvalue weighted by atomic mass is 32.2. The van der Waals surface area contributed by atoms with Crippen LogP contribution in [0.2, 0.25) is 0 Å². The van der Waals surface area contributed by atoms with E-state index in [1.165, 1.54) is 0 Å². The van der Waals surface area contributed by atoms with Gasteiger partial charge in [-0.2, -0.15) is 0 Å². The van der Waals surface area contributed by atoms with Gasteiger partial charge in [0.15, 0.2) is 9.84 Å². The van der Waals surface area contributed by atoms with Crippen molar-refractivity contribution in [3.05, 3.63) is 24.3 Å². The fourth-order valence-electron chi connectivity index (χ4n) is 2.52. The first-order valence-electron chi connectivity index (χ1n) is 7.31. The Labute approximate surface area is 126 Å². The van der Waals surface area contributed by atoms with E-state index in [4.69, 9.17) is 4.74 Å². The Morgan fingerprint density at radius 1 is 1.24 bits per heavy atom. The Hall–Kier alpha value is -1.11. The summed E-state index contributed by atoms with van der Waals surface area (Å²) in [5.41, 5.74) is 0.448. The molecule has 0 aromatic heterocycles. The molecular weight excluding hydrogens is 290 g/mol. The summed E-state index contributed by atoms with van der Waals surface area (Å²) in [4.78, 5) is 0.347. The number of rotatable bonds is 6. The van der Waals surface area contributed by atoms with Gasteiger partial charge >= 0.3 is 0 Å². The van der Waals surface area contributed by atoms with Crippen molar-refractivity contribution in [1.82, 2.24) is 0 Å². The van der Waals surface area contributed by atoms with Gasteiger partial charge in [0.1, 0.15) is 0 Å². The van der Waals surface area contributed by atoms with Crippen LogP contribution in [0.4, 0.5) is 5.69 Å². The molecule has 0 amide bonds. The largest absolute Gasteiger partial charge is 0.394 e. The van der Waals surface area contributed by atoms with Gasteiger partial charge in [0.05, 0.1) is 22.8 Å². The zero-order valence-electron chi connectivity index (χ0n) is 12.3. The third-order valence-electron chi connectivity index (χ3n) is 3.85. The van der Waals surface area contributed by atoms with Gasteiger partial charge in [-0.15, -0.1) is 0 Å². The molecule has 1 heterocycles. The topological polar surface area (TPSA) is 75.6 Å². The fraction of sp³-hybridized carbons (Fsp3) is 0.600. The summed E-state index contributed by atoms with van der Waals surface area (Å²) >= 11 is 0. The van der Waals surface area contributed by atoms with Gasteiger partial charge in [-0.05, 0) is 43.5 Å². The highest BCUT2D eigenvalue weighted by molar-refractivity contribution is 7.91. The number of anilines is 1. The maximum absolute atomic E-state index is 12.0. The molecule has 2 N–H and O–H groups in total. The Morgan fingerprint density at radius 2 is 1.86 bits per heavy atom. The minimum atomic E-state index is -3.18. The van der Waals surface area contributed by atoms with E-state index < -0.39 is 9.84 Å². The van der Waals surface area contributed by atoms with Gasteiger partial charge in [0.25, 0.3) is 0 Å². The lowest BCUT2D eigenvalue weighted by molar-refractivity contribution is 0.0380. The van der Waals surface area contributed by atoms with Crippen LogP contribution in [0.25, 0.3) is 0 Å². The first-order valence-corrected chi connectivity index (χ1v) is 8.96. The van der Waals surface area contributed by atoms with Crippen LogP contribution in [-0.4, -0.2) is 44.6 Å². The van der Waals surface area contributed by atoms with Gasteiger partial charge in [-0.3, -0.25) is 0 Å². The molecule has 1 aliphatic heterocycles. The van der Waals surface area contributed by atoms with Crippen LogP contribution >= 0.6 is 0 Å². The number of ether oxygens (including phenoxy) is 1. The molecule has 118 valence electrons. The lowest BCUT2D eigenvalue weighted by atomic mass is 9.90. The molecule has 0 atom stereocenters. The molecule has 0 saturated carbocycles. The molecule has 5 nitrogen and oxygen atoms in total. The lowest BCUT2D eigenvalue weighted by Crippen LogP contribution is -2.46. The first kappa shape index (κ1) is 16.3. The zero-order chi connectivity index (χ0) is 15.3. The molecule has 1 aromatic rings. The molecule has 0 aliphatic carbocycles. The van der Waals surface area contributed by atoms with Gasteiger partial charge in [0, 0.05) is 18.9 Å². The molecule has 0 radical (unpaired) electrons. The Morgan fingerprint density at radius 3 is 2.38 bits per heavy atom. The number of aliphatic hydroxyl groups excluding tert-OH is 1. The monoisotopic (exact) mass is 313 g/mol. The molecule has 1 aromatic carbocycles. The molecule has 1 fully saturated rings. The van der Waals surface area contributed by atoms with E-state index >= 15 is 0 Å². The van der Waals surface area contributed by atoms with Crippen molar-refractivity contribution in [2.24, 2.45) is 0 Å². The van der Waals surface area contributed by atoms with E-state index in [9.17, 15) is 13.5 Å². The summed E-state index contributed by atoms with van der Waals surface area (Å²) in [6.07, 6.45) is 2.08. The number of sulfone groups is 1. The fourth-order valence-corrected chi connectivity index (χ4v) is 3.85. The Bertz CT molecular complexity index is 548.